The third kappa shape index (κ3) is 6.97. The minimum Gasteiger partial charge on any atom is -0.480 e. The fourth-order valence-electron chi connectivity index (χ4n) is 4.32. The number of nitrogens with two attached hydrogens (primary N) is 1. The number of carboxylic acids is 1. The maximum atomic E-state index is 14.7. The Morgan fingerprint density at radius 2 is 1.66 bits per heavy atom. The zero-order valence-electron chi connectivity index (χ0n) is 21.5. The van der Waals surface area contributed by atoms with Gasteiger partial charge >= 0.3 is 17.8 Å². The third-order valence-electron chi connectivity index (χ3n) is 6.36. The number of halogens is 4. The van der Waals surface area contributed by atoms with Gasteiger partial charge in [-0.25, -0.2) is 14.0 Å². The molecule has 1 heterocycles. The second-order valence-corrected chi connectivity index (χ2v) is 9.23. The molecule has 3 N–H and O–H groups in total. The van der Waals surface area contributed by atoms with Crippen molar-refractivity contribution in [1.29, 1.82) is 0 Å². The summed E-state index contributed by atoms with van der Waals surface area (Å²) in [4.78, 5) is 37.7. The Kier molecular flexibility index (Phi) is 8.84. The van der Waals surface area contributed by atoms with Crippen molar-refractivity contribution >= 4 is 5.97 Å². The highest BCUT2D eigenvalue weighted by Gasteiger charge is 2.34. The van der Waals surface area contributed by atoms with Crippen molar-refractivity contribution < 1.29 is 32.2 Å². The molecule has 4 aromatic rings. The second kappa shape index (κ2) is 12.3. The molecule has 0 fully saturated rings. The average molecular weight is 572 g/mol. The number of carbonyl (C=O) groups is 1. The SMILES string of the molecule is N[C@@H](Cn1c(=O)c(-c2ccc(COCC(=O)O)cc2)cn(Cc2c(F)cccc2C(F)(F)F)c1=O)c1ccccc1. The van der Waals surface area contributed by atoms with Crippen LogP contribution < -0.4 is 17.0 Å². The molecule has 0 spiro atoms. The highest BCUT2D eigenvalue weighted by atomic mass is 19.4. The molecule has 8 nitrogen and oxygen atoms in total. The number of rotatable bonds is 10. The Morgan fingerprint density at radius 3 is 2.29 bits per heavy atom. The smallest absolute Gasteiger partial charge is 0.416 e. The summed E-state index contributed by atoms with van der Waals surface area (Å²) in [7, 11) is 0. The van der Waals surface area contributed by atoms with Crippen LogP contribution in [0.5, 0.6) is 0 Å². The van der Waals surface area contributed by atoms with E-state index in [1.807, 2.05) is 0 Å². The molecule has 0 bridgehead atoms. The van der Waals surface area contributed by atoms with Crippen LogP contribution in [0.25, 0.3) is 11.1 Å². The van der Waals surface area contributed by atoms with E-state index in [4.69, 9.17) is 15.6 Å². The van der Waals surface area contributed by atoms with Gasteiger partial charge in [-0.05, 0) is 28.8 Å². The Labute approximate surface area is 230 Å². The predicted molar refractivity (Wildman–Crippen MR) is 142 cm³/mol. The Hall–Kier alpha value is -4.55. The first-order valence-electron chi connectivity index (χ1n) is 12.3. The maximum absolute atomic E-state index is 14.7. The minimum absolute atomic E-state index is 0.0181. The van der Waals surface area contributed by atoms with E-state index in [2.05, 4.69) is 0 Å². The highest BCUT2D eigenvalue weighted by molar-refractivity contribution is 5.68. The molecule has 0 aliphatic rings. The maximum Gasteiger partial charge on any atom is 0.416 e. The van der Waals surface area contributed by atoms with Gasteiger partial charge in [-0.1, -0.05) is 60.7 Å². The molecule has 1 aromatic heterocycles. The van der Waals surface area contributed by atoms with Crippen molar-refractivity contribution in [2.75, 3.05) is 6.61 Å². The van der Waals surface area contributed by atoms with E-state index < -0.39 is 59.5 Å². The summed E-state index contributed by atoms with van der Waals surface area (Å²) in [5, 5.41) is 8.72. The molecule has 1 atom stereocenters. The average Bonchev–Trinajstić information content (AvgIpc) is 2.93. The molecule has 3 aromatic carbocycles. The molecule has 214 valence electrons. The summed E-state index contributed by atoms with van der Waals surface area (Å²) in [6, 6.07) is 16.5. The van der Waals surface area contributed by atoms with E-state index in [-0.39, 0.29) is 18.7 Å². The van der Waals surface area contributed by atoms with Gasteiger partial charge in [0.05, 0.1) is 30.8 Å². The van der Waals surface area contributed by atoms with Crippen LogP contribution in [0.2, 0.25) is 0 Å². The molecular formula is C29H25F4N3O5. The number of ether oxygens (including phenoxy) is 1. The van der Waals surface area contributed by atoms with Gasteiger partial charge in [0.1, 0.15) is 12.4 Å². The van der Waals surface area contributed by atoms with E-state index in [1.54, 1.807) is 42.5 Å². The van der Waals surface area contributed by atoms with Crippen molar-refractivity contribution in [1.82, 2.24) is 9.13 Å². The van der Waals surface area contributed by atoms with Gasteiger partial charge < -0.3 is 15.6 Å². The molecule has 0 saturated heterocycles. The number of aromatic nitrogens is 2. The number of carboxylic acid groups (broad SMARTS) is 1. The van der Waals surface area contributed by atoms with Crippen LogP contribution in [0.3, 0.4) is 0 Å². The summed E-state index contributed by atoms with van der Waals surface area (Å²) in [6.45, 7) is -1.61. The van der Waals surface area contributed by atoms with Crippen LogP contribution >= 0.6 is 0 Å². The van der Waals surface area contributed by atoms with Gasteiger partial charge in [0.25, 0.3) is 5.56 Å². The molecule has 4 rings (SSSR count). The third-order valence-corrected chi connectivity index (χ3v) is 6.36. The number of hydrogen-bond donors (Lipinski definition) is 2. The lowest BCUT2D eigenvalue weighted by atomic mass is 10.0. The van der Waals surface area contributed by atoms with Crippen molar-refractivity contribution in [3.05, 3.63) is 128 Å². The number of benzene rings is 3. The van der Waals surface area contributed by atoms with Gasteiger partial charge in [0.2, 0.25) is 0 Å². The fourth-order valence-corrected chi connectivity index (χ4v) is 4.32. The molecule has 0 amide bonds. The predicted octanol–water partition coefficient (Wildman–Crippen LogP) is 4.18. The quantitative estimate of drug-likeness (QED) is 0.276. The van der Waals surface area contributed by atoms with E-state index >= 15 is 0 Å². The molecule has 0 aliphatic heterocycles. The summed E-state index contributed by atoms with van der Waals surface area (Å²) in [6.07, 6.45) is -3.79. The first-order valence-corrected chi connectivity index (χ1v) is 12.3. The van der Waals surface area contributed by atoms with Crippen LogP contribution in [0.15, 0.2) is 88.6 Å². The number of alkyl halides is 3. The first-order chi connectivity index (χ1) is 19.5. The lowest BCUT2D eigenvalue weighted by Gasteiger charge is -2.19. The molecule has 41 heavy (non-hydrogen) atoms. The van der Waals surface area contributed by atoms with Gasteiger partial charge in [-0.2, -0.15) is 13.2 Å². The van der Waals surface area contributed by atoms with Crippen molar-refractivity contribution in [2.24, 2.45) is 5.73 Å². The molecular weight excluding hydrogens is 546 g/mol. The van der Waals surface area contributed by atoms with Crippen LogP contribution in [0, 0.1) is 5.82 Å². The van der Waals surface area contributed by atoms with Crippen LogP contribution in [-0.2, 0) is 35.4 Å². The topological polar surface area (TPSA) is 117 Å². The monoisotopic (exact) mass is 571 g/mol. The zero-order valence-corrected chi connectivity index (χ0v) is 21.5. The zero-order chi connectivity index (χ0) is 29.7. The fraction of sp³-hybridized carbons (Fsp3) is 0.207. The summed E-state index contributed by atoms with van der Waals surface area (Å²) < 4.78 is 62.5. The van der Waals surface area contributed by atoms with Crippen LogP contribution in [-0.4, -0.2) is 26.8 Å². The van der Waals surface area contributed by atoms with E-state index in [9.17, 15) is 31.9 Å². The first kappa shape index (κ1) is 29.4. The number of nitrogens with zero attached hydrogens (tertiary/aromatic N) is 2. The lowest BCUT2D eigenvalue weighted by molar-refractivity contribution is -0.142. The van der Waals surface area contributed by atoms with E-state index in [0.717, 1.165) is 33.5 Å². The van der Waals surface area contributed by atoms with Gasteiger partial charge in [-0.3, -0.25) is 13.9 Å². The van der Waals surface area contributed by atoms with Crippen molar-refractivity contribution in [3.63, 3.8) is 0 Å². The minimum atomic E-state index is -4.88. The van der Waals surface area contributed by atoms with Crippen LogP contribution in [0.4, 0.5) is 17.6 Å². The Balaban J connectivity index is 1.81. The van der Waals surface area contributed by atoms with E-state index in [1.165, 1.54) is 12.1 Å². The van der Waals surface area contributed by atoms with Crippen molar-refractivity contribution in [3.8, 4) is 11.1 Å². The Morgan fingerprint density at radius 1 is 0.976 bits per heavy atom. The van der Waals surface area contributed by atoms with Crippen molar-refractivity contribution in [2.45, 2.75) is 31.9 Å². The number of hydrogen-bond acceptors (Lipinski definition) is 5. The number of aliphatic carboxylic acids is 1. The highest BCUT2D eigenvalue weighted by Crippen LogP contribution is 2.33. The molecule has 0 saturated carbocycles. The van der Waals surface area contributed by atoms with E-state index in [0.29, 0.717) is 16.7 Å². The normalized spacial score (nSPS) is 12.3. The molecule has 0 unspecified atom stereocenters. The molecule has 0 aliphatic carbocycles. The molecule has 0 radical (unpaired) electrons. The van der Waals surface area contributed by atoms with Gasteiger partial charge in [0.15, 0.2) is 0 Å². The largest absolute Gasteiger partial charge is 0.480 e. The molecule has 12 heteroatoms. The Bertz CT molecular complexity index is 1650. The summed E-state index contributed by atoms with van der Waals surface area (Å²) >= 11 is 0. The lowest BCUT2D eigenvalue weighted by Crippen LogP contribution is -2.42. The standard InChI is InChI=1S/C29H25F4N3O5/c30-24-8-4-7-23(29(31,32)33)22(24)14-35-13-21(19-11-9-18(10-12-19)16-41-17-26(37)38)27(39)36(28(35)40)15-25(34)20-5-2-1-3-6-20/h1-13,25H,14-17,34H2,(H,37,38)/t25-/m0/s1. The second-order valence-electron chi connectivity index (χ2n) is 9.23. The summed E-state index contributed by atoms with van der Waals surface area (Å²) in [5.74, 6) is -2.29. The van der Waals surface area contributed by atoms with Gasteiger partial charge in [-0.15, -0.1) is 0 Å². The van der Waals surface area contributed by atoms with Gasteiger partial charge in [0, 0.05) is 17.8 Å². The summed E-state index contributed by atoms with van der Waals surface area (Å²) in [5.41, 5.74) is 4.08. The van der Waals surface area contributed by atoms with Crippen LogP contribution in [0.1, 0.15) is 28.3 Å².